The number of carbonyl (C=O) groups excluding carboxylic acids is 1. The highest BCUT2D eigenvalue weighted by atomic mass is 35.5. The Hall–Kier alpha value is -3.05. The van der Waals surface area contributed by atoms with E-state index < -0.39 is 0 Å². The molecular formula is C23H22ClN3O2. The lowest BCUT2D eigenvalue weighted by molar-refractivity contribution is -0.116. The number of hydrogen-bond acceptors (Lipinski definition) is 3. The minimum Gasteiger partial charge on any atom is -0.381 e. The normalized spacial score (nSPS) is 15.3. The molecular weight excluding hydrogens is 386 g/mol. The van der Waals surface area contributed by atoms with E-state index in [0.717, 1.165) is 34.5 Å². The first-order valence-electron chi connectivity index (χ1n) is 9.56. The van der Waals surface area contributed by atoms with Gasteiger partial charge >= 0.3 is 0 Å². The second-order valence-electron chi connectivity index (χ2n) is 7.39. The van der Waals surface area contributed by atoms with Crippen LogP contribution in [0.5, 0.6) is 0 Å². The fourth-order valence-corrected chi connectivity index (χ4v) is 4.02. The van der Waals surface area contributed by atoms with Crippen LogP contribution >= 0.6 is 11.6 Å². The molecule has 29 heavy (non-hydrogen) atoms. The van der Waals surface area contributed by atoms with E-state index in [4.69, 9.17) is 11.6 Å². The molecule has 1 aliphatic heterocycles. The molecule has 0 spiro atoms. The molecule has 148 valence electrons. The maximum Gasteiger partial charge on any atom is 0.252 e. The highest BCUT2D eigenvalue weighted by Gasteiger charge is 2.28. The Kier molecular flexibility index (Phi) is 5.16. The van der Waals surface area contributed by atoms with Gasteiger partial charge in [-0.2, -0.15) is 0 Å². The molecule has 0 saturated heterocycles. The second kappa shape index (κ2) is 7.76. The zero-order valence-electron chi connectivity index (χ0n) is 16.3. The van der Waals surface area contributed by atoms with Gasteiger partial charge in [0, 0.05) is 47.7 Å². The number of halogens is 1. The molecule has 2 heterocycles. The summed E-state index contributed by atoms with van der Waals surface area (Å²) in [5, 5.41) is 4.01. The van der Waals surface area contributed by atoms with Gasteiger partial charge in [-0.15, -0.1) is 0 Å². The number of rotatable bonds is 4. The van der Waals surface area contributed by atoms with E-state index in [1.54, 1.807) is 13.1 Å². The van der Waals surface area contributed by atoms with Crippen molar-refractivity contribution < 1.29 is 4.79 Å². The summed E-state index contributed by atoms with van der Waals surface area (Å²) in [7, 11) is 0. The molecule has 1 aromatic heterocycles. The van der Waals surface area contributed by atoms with Gasteiger partial charge in [-0.1, -0.05) is 23.7 Å². The molecule has 0 unspecified atom stereocenters. The molecule has 1 atom stereocenters. The largest absolute Gasteiger partial charge is 0.381 e. The summed E-state index contributed by atoms with van der Waals surface area (Å²) in [6, 6.07) is 15.5. The number of aromatic nitrogens is 1. The number of benzene rings is 2. The van der Waals surface area contributed by atoms with Crippen molar-refractivity contribution in [2.24, 2.45) is 0 Å². The second-order valence-corrected chi connectivity index (χ2v) is 7.83. The molecule has 5 nitrogen and oxygen atoms in total. The molecule has 0 radical (unpaired) electrons. The Morgan fingerprint density at radius 2 is 1.93 bits per heavy atom. The topological polar surface area (TPSA) is 65.2 Å². The van der Waals surface area contributed by atoms with Crippen LogP contribution in [0.25, 0.3) is 11.1 Å². The number of pyridine rings is 1. The minimum atomic E-state index is -0.118. The van der Waals surface area contributed by atoms with Gasteiger partial charge in [0.15, 0.2) is 0 Å². The molecule has 4 rings (SSSR count). The number of H-pyrrole nitrogens is 1. The third kappa shape index (κ3) is 3.91. The summed E-state index contributed by atoms with van der Waals surface area (Å²) in [6.07, 6.45) is 2.54. The first-order valence-corrected chi connectivity index (χ1v) is 9.94. The number of hydrogen-bond donors (Lipinski definition) is 2. The van der Waals surface area contributed by atoms with Crippen LogP contribution in [0, 0.1) is 0 Å². The molecule has 3 aromatic rings. The van der Waals surface area contributed by atoms with Crippen LogP contribution in [0.2, 0.25) is 5.02 Å². The first-order chi connectivity index (χ1) is 13.9. The van der Waals surface area contributed by atoms with Crippen molar-refractivity contribution >= 4 is 28.9 Å². The minimum absolute atomic E-state index is 0.0579. The van der Waals surface area contributed by atoms with E-state index >= 15 is 0 Å². The predicted octanol–water partition coefficient (Wildman–Crippen LogP) is 4.60. The summed E-state index contributed by atoms with van der Waals surface area (Å²) < 4.78 is 0. The van der Waals surface area contributed by atoms with Crippen LogP contribution in [0.1, 0.15) is 25.0 Å². The molecule has 0 fully saturated rings. The van der Waals surface area contributed by atoms with Crippen molar-refractivity contribution in [3.05, 3.63) is 81.2 Å². The maximum atomic E-state index is 12.3. The predicted molar refractivity (Wildman–Crippen MR) is 118 cm³/mol. The molecule has 6 heteroatoms. The Bertz CT molecular complexity index is 1120. The molecule has 0 bridgehead atoms. The zero-order valence-corrected chi connectivity index (χ0v) is 17.1. The van der Waals surface area contributed by atoms with E-state index in [1.165, 1.54) is 0 Å². The number of aromatic amines is 1. The average Bonchev–Trinajstić information content (AvgIpc) is 3.03. The average molecular weight is 408 g/mol. The number of amides is 1. The lowest BCUT2D eigenvalue weighted by atomic mass is 10.1. The van der Waals surface area contributed by atoms with Crippen molar-refractivity contribution in [3.8, 4) is 11.1 Å². The van der Waals surface area contributed by atoms with Crippen molar-refractivity contribution in [1.29, 1.82) is 0 Å². The fourth-order valence-electron chi connectivity index (χ4n) is 3.89. The molecule has 0 saturated carbocycles. The van der Waals surface area contributed by atoms with Gasteiger partial charge in [0.2, 0.25) is 5.91 Å². The van der Waals surface area contributed by atoms with Crippen LogP contribution < -0.4 is 15.8 Å². The third-order valence-corrected chi connectivity index (χ3v) is 5.53. The Morgan fingerprint density at radius 3 is 2.66 bits per heavy atom. The van der Waals surface area contributed by atoms with Gasteiger partial charge in [0.1, 0.15) is 0 Å². The number of carbonyl (C=O) groups is 1. The number of fused-ring (bicyclic) bond motifs is 1. The van der Waals surface area contributed by atoms with E-state index in [1.807, 2.05) is 47.4 Å². The van der Waals surface area contributed by atoms with Crippen LogP contribution in [0.15, 0.2) is 59.5 Å². The SMILES string of the molecule is CC(=O)N1c2ccc(NCc3cc(-c4ccc(Cl)cc4)c[nH]c3=O)cc2C[C@@H]1C. The summed E-state index contributed by atoms with van der Waals surface area (Å²) in [5.41, 5.74) is 5.49. The molecule has 2 aromatic carbocycles. The first kappa shape index (κ1) is 19.3. The van der Waals surface area contributed by atoms with Crippen molar-refractivity contribution in [1.82, 2.24) is 4.98 Å². The monoisotopic (exact) mass is 407 g/mol. The van der Waals surface area contributed by atoms with Crippen molar-refractivity contribution in [2.45, 2.75) is 32.9 Å². The van der Waals surface area contributed by atoms with E-state index in [2.05, 4.69) is 23.3 Å². The summed E-state index contributed by atoms with van der Waals surface area (Å²) in [6.45, 7) is 4.05. The van der Waals surface area contributed by atoms with Gasteiger partial charge in [0.05, 0.1) is 0 Å². The lowest BCUT2D eigenvalue weighted by Gasteiger charge is -2.20. The standard InChI is InChI=1S/C23H22ClN3O2/c1-14-9-17-11-21(7-8-22(17)27(14)15(2)28)25-13-19-10-18(12-26-23(19)29)16-3-5-20(24)6-4-16/h3-8,10-12,14,25H,9,13H2,1-2H3,(H,26,29)/t14-/m0/s1. The Balaban J connectivity index is 1.53. The van der Waals surface area contributed by atoms with Crippen molar-refractivity contribution in [2.75, 3.05) is 10.2 Å². The smallest absolute Gasteiger partial charge is 0.252 e. The fraction of sp³-hybridized carbons (Fsp3) is 0.217. The van der Waals surface area contributed by atoms with Gasteiger partial charge in [-0.25, -0.2) is 0 Å². The van der Waals surface area contributed by atoms with Crippen LogP contribution in [-0.2, 0) is 17.8 Å². The Morgan fingerprint density at radius 1 is 1.17 bits per heavy atom. The maximum absolute atomic E-state index is 12.3. The highest BCUT2D eigenvalue weighted by molar-refractivity contribution is 6.30. The third-order valence-electron chi connectivity index (χ3n) is 5.28. The molecule has 2 N–H and O–H groups in total. The number of nitrogens with zero attached hydrogens (tertiary/aromatic N) is 1. The van der Waals surface area contributed by atoms with E-state index in [9.17, 15) is 9.59 Å². The van der Waals surface area contributed by atoms with E-state index in [0.29, 0.717) is 17.1 Å². The number of nitrogens with one attached hydrogen (secondary N) is 2. The molecule has 0 aliphatic carbocycles. The number of anilines is 2. The highest BCUT2D eigenvalue weighted by Crippen LogP contribution is 2.34. The van der Waals surface area contributed by atoms with Gasteiger partial charge in [-0.3, -0.25) is 9.59 Å². The van der Waals surface area contributed by atoms with Crippen LogP contribution in [0.3, 0.4) is 0 Å². The van der Waals surface area contributed by atoms with Crippen LogP contribution in [0.4, 0.5) is 11.4 Å². The van der Waals surface area contributed by atoms with Gasteiger partial charge < -0.3 is 15.2 Å². The summed E-state index contributed by atoms with van der Waals surface area (Å²) >= 11 is 5.96. The lowest BCUT2D eigenvalue weighted by Crippen LogP contribution is -2.33. The Labute approximate surface area is 174 Å². The zero-order chi connectivity index (χ0) is 20.5. The molecule has 1 amide bonds. The molecule has 1 aliphatic rings. The van der Waals surface area contributed by atoms with Crippen molar-refractivity contribution in [3.63, 3.8) is 0 Å². The van der Waals surface area contributed by atoms with Gasteiger partial charge in [0.25, 0.3) is 5.56 Å². The summed E-state index contributed by atoms with van der Waals surface area (Å²) in [5.74, 6) is 0.0579. The quantitative estimate of drug-likeness (QED) is 0.664. The summed E-state index contributed by atoms with van der Waals surface area (Å²) in [4.78, 5) is 28.8. The van der Waals surface area contributed by atoms with E-state index in [-0.39, 0.29) is 17.5 Å². The van der Waals surface area contributed by atoms with Crippen LogP contribution in [-0.4, -0.2) is 16.9 Å². The van der Waals surface area contributed by atoms with Gasteiger partial charge in [-0.05, 0) is 66.4 Å².